The summed E-state index contributed by atoms with van der Waals surface area (Å²) in [4.78, 5) is 11.6. The Balaban J connectivity index is 1.88. The molecule has 0 amide bonds. The summed E-state index contributed by atoms with van der Waals surface area (Å²) in [5.41, 5.74) is 0. The van der Waals surface area contributed by atoms with Gasteiger partial charge in [0.25, 0.3) is 0 Å². The Morgan fingerprint density at radius 2 is 2.20 bits per heavy atom. The third-order valence-corrected chi connectivity index (χ3v) is 5.47. The van der Waals surface area contributed by atoms with E-state index in [0.717, 1.165) is 17.9 Å². The van der Waals surface area contributed by atoms with Gasteiger partial charge in [0.2, 0.25) is 10.0 Å². The predicted octanol–water partition coefficient (Wildman–Crippen LogP) is 0.955. The van der Waals surface area contributed by atoms with Crippen molar-refractivity contribution < 1.29 is 17.9 Å². The van der Waals surface area contributed by atoms with Gasteiger partial charge >= 0.3 is 5.97 Å². The molecule has 6 nitrogen and oxygen atoms in total. The molecule has 8 heteroatoms. The summed E-state index contributed by atoms with van der Waals surface area (Å²) < 4.78 is 31.3. The molecule has 112 valence electrons. The number of hydrogen-bond acceptors (Lipinski definition) is 6. The van der Waals surface area contributed by atoms with Crippen molar-refractivity contribution in [2.24, 2.45) is 0 Å². The molecule has 0 bridgehead atoms. The zero-order chi connectivity index (χ0) is 14.6. The van der Waals surface area contributed by atoms with Crippen LogP contribution < -0.4 is 10.0 Å². The number of carbonyl (C=O) groups is 1. The molecule has 0 radical (unpaired) electrons. The molecule has 0 saturated heterocycles. The van der Waals surface area contributed by atoms with E-state index in [4.69, 9.17) is 0 Å². The van der Waals surface area contributed by atoms with Gasteiger partial charge in [-0.1, -0.05) is 0 Å². The van der Waals surface area contributed by atoms with E-state index in [2.05, 4.69) is 14.8 Å². The topological polar surface area (TPSA) is 84.5 Å². The van der Waals surface area contributed by atoms with E-state index in [1.165, 1.54) is 26.0 Å². The number of carbonyl (C=O) groups excluding carboxylic acids is 1. The molecule has 0 aromatic carbocycles. The highest BCUT2D eigenvalue weighted by Crippen LogP contribution is 2.22. The van der Waals surface area contributed by atoms with Gasteiger partial charge in [0.05, 0.1) is 7.11 Å². The van der Waals surface area contributed by atoms with Crippen LogP contribution in [0.2, 0.25) is 0 Å². The standard InChI is InChI=1S/C12H18N2O4S2/c1-18-12(15)11-10(5-8-19-11)20(16,17)14-7-2-6-13-9-3-4-9/h5,8-9,13-14H,2-4,6-7H2,1H3. The molecule has 1 saturated carbocycles. The van der Waals surface area contributed by atoms with Gasteiger partial charge in [-0.25, -0.2) is 17.9 Å². The largest absolute Gasteiger partial charge is 0.465 e. The molecule has 1 aromatic rings. The van der Waals surface area contributed by atoms with Crippen molar-refractivity contribution in [2.75, 3.05) is 20.2 Å². The molecule has 0 unspecified atom stereocenters. The molecule has 1 fully saturated rings. The number of sulfonamides is 1. The SMILES string of the molecule is COC(=O)c1sccc1S(=O)(=O)NCCCNC1CC1. The lowest BCUT2D eigenvalue weighted by Gasteiger charge is -2.07. The van der Waals surface area contributed by atoms with Crippen LogP contribution in [-0.4, -0.2) is 40.6 Å². The van der Waals surface area contributed by atoms with Gasteiger partial charge in [0.15, 0.2) is 0 Å². The lowest BCUT2D eigenvalue weighted by molar-refractivity contribution is 0.0602. The number of methoxy groups -OCH3 is 1. The zero-order valence-electron chi connectivity index (χ0n) is 11.2. The Hall–Kier alpha value is -0.960. The Morgan fingerprint density at radius 3 is 2.85 bits per heavy atom. The molecule has 1 heterocycles. The molecular weight excluding hydrogens is 300 g/mol. The Kier molecular flexibility index (Phi) is 5.14. The lowest BCUT2D eigenvalue weighted by atomic mass is 10.4. The summed E-state index contributed by atoms with van der Waals surface area (Å²) >= 11 is 1.06. The van der Waals surface area contributed by atoms with Gasteiger partial charge in [0.1, 0.15) is 9.77 Å². The van der Waals surface area contributed by atoms with E-state index in [1.807, 2.05) is 0 Å². The van der Waals surface area contributed by atoms with E-state index < -0.39 is 16.0 Å². The third-order valence-electron chi connectivity index (χ3n) is 2.95. The molecule has 1 aliphatic rings. The van der Waals surface area contributed by atoms with Crippen LogP contribution in [0.15, 0.2) is 16.3 Å². The molecule has 2 rings (SSSR count). The van der Waals surface area contributed by atoms with Gasteiger partial charge in [0, 0.05) is 12.6 Å². The van der Waals surface area contributed by atoms with Crippen LogP contribution in [-0.2, 0) is 14.8 Å². The second-order valence-electron chi connectivity index (χ2n) is 4.59. The fraction of sp³-hybridized carbons (Fsp3) is 0.583. The monoisotopic (exact) mass is 318 g/mol. The van der Waals surface area contributed by atoms with Crippen LogP contribution in [0.1, 0.15) is 28.9 Å². The number of rotatable bonds is 8. The maximum atomic E-state index is 12.1. The van der Waals surface area contributed by atoms with Crippen molar-refractivity contribution in [1.29, 1.82) is 0 Å². The summed E-state index contributed by atoms with van der Waals surface area (Å²) in [7, 11) is -2.42. The summed E-state index contributed by atoms with van der Waals surface area (Å²) in [5.74, 6) is -0.629. The second kappa shape index (κ2) is 6.66. The van der Waals surface area contributed by atoms with E-state index in [-0.39, 0.29) is 9.77 Å². The number of thiophene rings is 1. The lowest BCUT2D eigenvalue weighted by Crippen LogP contribution is -2.28. The van der Waals surface area contributed by atoms with Gasteiger partial charge in [-0.15, -0.1) is 11.3 Å². The van der Waals surface area contributed by atoms with Crippen LogP contribution in [0.25, 0.3) is 0 Å². The van der Waals surface area contributed by atoms with Crippen molar-refractivity contribution in [3.8, 4) is 0 Å². The molecule has 20 heavy (non-hydrogen) atoms. The molecule has 0 aliphatic heterocycles. The fourth-order valence-corrected chi connectivity index (χ4v) is 4.12. The van der Waals surface area contributed by atoms with Crippen LogP contribution >= 0.6 is 11.3 Å². The van der Waals surface area contributed by atoms with Crippen molar-refractivity contribution in [3.63, 3.8) is 0 Å². The second-order valence-corrected chi connectivity index (χ2v) is 7.24. The molecule has 0 spiro atoms. The predicted molar refractivity (Wildman–Crippen MR) is 76.5 cm³/mol. The number of hydrogen-bond donors (Lipinski definition) is 2. The van der Waals surface area contributed by atoms with Crippen LogP contribution in [0.3, 0.4) is 0 Å². The highest BCUT2D eigenvalue weighted by Gasteiger charge is 2.24. The van der Waals surface area contributed by atoms with Gasteiger partial charge in [-0.05, 0) is 37.3 Å². The first-order valence-electron chi connectivity index (χ1n) is 6.43. The smallest absolute Gasteiger partial charge is 0.349 e. The minimum absolute atomic E-state index is 0.00972. The van der Waals surface area contributed by atoms with Crippen LogP contribution in [0.4, 0.5) is 0 Å². The number of ether oxygens (including phenoxy) is 1. The van der Waals surface area contributed by atoms with E-state index in [0.29, 0.717) is 19.0 Å². The summed E-state index contributed by atoms with van der Waals surface area (Å²) in [5, 5.41) is 4.87. The van der Waals surface area contributed by atoms with Crippen LogP contribution in [0.5, 0.6) is 0 Å². The van der Waals surface area contributed by atoms with Crippen molar-refractivity contribution in [1.82, 2.24) is 10.0 Å². The molecular formula is C12H18N2O4S2. The maximum absolute atomic E-state index is 12.1. The number of nitrogens with one attached hydrogen (secondary N) is 2. The third kappa shape index (κ3) is 4.02. The zero-order valence-corrected chi connectivity index (χ0v) is 12.9. The van der Waals surface area contributed by atoms with Gasteiger partial charge < -0.3 is 10.1 Å². The van der Waals surface area contributed by atoms with Crippen LogP contribution in [0, 0.1) is 0 Å². The van der Waals surface area contributed by atoms with Crippen molar-refractivity contribution in [3.05, 3.63) is 16.3 Å². The minimum Gasteiger partial charge on any atom is -0.465 e. The average molecular weight is 318 g/mol. The fourth-order valence-electron chi connectivity index (χ4n) is 1.72. The summed E-state index contributed by atoms with van der Waals surface area (Å²) in [6.07, 6.45) is 3.14. The Bertz CT molecular complexity index is 564. The van der Waals surface area contributed by atoms with E-state index in [9.17, 15) is 13.2 Å². The van der Waals surface area contributed by atoms with Gasteiger partial charge in [-0.2, -0.15) is 0 Å². The van der Waals surface area contributed by atoms with Gasteiger partial charge in [-0.3, -0.25) is 0 Å². The molecule has 2 N–H and O–H groups in total. The first kappa shape index (κ1) is 15.4. The quantitative estimate of drug-likeness (QED) is 0.551. The first-order valence-corrected chi connectivity index (χ1v) is 8.80. The first-order chi connectivity index (χ1) is 9.54. The number of esters is 1. The van der Waals surface area contributed by atoms with E-state index >= 15 is 0 Å². The van der Waals surface area contributed by atoms with Crippen molar-refractivity contribution >= 4 is 27.3 Å². The molecule has 1 aromatic heterocycles. The highest BCUT2D eigenvalue weighted by molar-refractivity contribution is 7.89. The molecule has 0 atom stereocenters. The molecule has 1 aliphatic carbocycles. The van der Waals surface area contributed by atoms with E-state index in [1.54, 1.807) is 5.38 Å². The normalized spacial score (nSPS) is 15.2. The minimum atomic E-state index is -3.66. The summed E-state index contributed by atoms with van der Waals surface area (Å²) in [6.45, 7) is 1.14. The average Bonchev–Trinajstić information content (AvgIpc) is 3.10. The maximum Gasteiger partial charge on any atom is 0.349 e. The van der Waals surface area contributed by atoms with Crippen molar-refractivity contribution in [2.45, 2.75) is 30.2 Å². The Labute approximate surface area is 122 Å². The Morgan fingerprint density at radius 1 is 1.45 bits per heavy atom. The highest BCUT2D eigenvalue weighted by atomic mass is 32.2. The summed E-state index contributed by atoms with van der Waals surface area (Å²) in [6, 6.07) is 2.04.